The minimum Gasteiger partial charge on any atom is -0.337 e. The maximum atomic E-state index is 11.1. The van der Waals surface area contributed by atoms with E-state index in [-0.39, 0.29) is 10.6 Å². The fourth-order valence-electron chi connectivity index (χ4n) is 5.44. The number of nitro groups is 1. The van der Waals surface area contributed by atoms with Crippen molar-refractivity contribution in [3.63, 3.8) is 0 Å². The average molecular weight is 552 g/mol. The van der Waals surface area contributed by atoms with Crippen LogP contribution in [0.15, 0.2) is 127 Å². The van der Waals surface area contributed by atoms with Gasteiger partial charge in [0.15, 0.2) is 0 Å². The number of hydrogen-bond acceptors (Lipinski definition) is 3. The zero-order valence-corrected chi connectivity index (χ0v) is 22.5. The zero-order chi connectivity index (χ0) is 27.9. The number of non-ortho nitro benzene ring substituents is 1. The summed E-state index contributed by atoms with van der Waals surface area (Å²) < 4.78 is 0. The molecule has 7 aromatic rings. The number of fused-ring (bicyclic) bond motifs is 2. The third kappa shape index (κ3) is 4.33. The van der Waals surface area contributed by atoms with E-state index in [0.29, 0.717) is 0 Å². The lowest BCUT2D eigenvalue weighted by Gasteiger charge is -2.12. The summed E-state index contributed by atoms with van der Waals surface area (Å²) in [5.41, 5.74) is 6.71. The van der Waals surface area contributed by atoms with Crippen LogP contribution in [0.2, 0.25) is 5.02 Å². The van der Waals surface area contributed by atoms with Gasteiger partial charge in [-0.3, -0.25) is 10.1 Å². The van der Waals surface area contributed by atoms with Gasteiger partial charge in [-0.25, -0.2) is 4.98 Å². The third-order valence-corrected chi connectivity index (χ3v) is 7.85. The Bertz CT molecular complexity index is 2010. The Morgan fingerprint density at radius 1 is 0.585 bits per heavy atom. The minimum absolute atomic E-state index is 0.0742. The molecule has 0 radical (unpaired) electrons. The molecule has 0 amide bonds. The van der Waals surface area contributed by atoms with Crippen LogP contribution < -0.4 is 0 Å². The van der Waals surface area contributed by atoms with Gasteiger partial charge in [-0.05, 0) is 34.0 Å². The van der Waals surface area contributed by atoms with Gasteiger partial charge >= 0.3 is 0 Å². The predicted octanol–water partition coefficient (Wildman–Crippen LogP) is 9.95. The summed E-state index contributed by atoms with van der Waals surface area (Å²) in [5, 5.41) is 15.8. The molecule has 5 nitrogen and oxygen atoms in total. The smallest absolute Gasteiger partial charge is 0.269 e. The predicted molar refractivity (Wildman–Crippen MR) is 167 cm³/mol. The molecule has 6 aromatic carbocycles. The standard InChI is InChI=1S/C35H22ClN3O2/c36-32-29-12-6-4-10-27(29)31(28-11-5-7-13-30(28)32)35-37-33(24-8-2-1-3-9-24)34(38-35)25-16-14-22(15-17-25)23-18-20-26(21-19-23)39(40)41/h1-21H,(H,37,38). The Morgan fingerprint density at radius 2 is 1.07 bits per heavy atom. The largest absolute Gasteiger partial charge is 0.337 e. The molecule has 6 heteroatoms. The molecule has 0 bridgehead atoms. The molecule has 0 atom stereocenters. The van der Waals surface area contributed by atoms with Crippen molar-refractivity contribution in [1.82, 2.24) is 9.97 Å². The molecule has 0 unspecified atom stereocenters. The fourth-order valence-corrected chi connectivity index (χ4v) is 5.77. The number of aromatic nitrogens is 2. The monoisotopic (exact) mass is 551 g/mol. The molecule has 0 fully saturated rings. The summed E-state index contributed by atoms with van der Waals surface area (Å²) >= 11 is 6.89. The summed E-state index contributed by atoms with van der Waals surface area (Å²) in [4.78, 5) is 19.5. The summed E-state index contributed by atoms with van der Waals surface area (Å²) in [6, 6.07) is 41.2. The van der Waals surface area contributed by atoms with Gasteiger partial charge in [0.2, 0.25) is 0 Å². The molecule has 0 aliphatic carbocycles. The number of aromatic amines is 1. The molecule has 0 aliphatic heterocycles. The van der Waals surface area contributed by atoms with Crippen molar-refractivity contribution in [2.45, 2.75) is 0 Å². The lowest BCUT2D eigenvalue weighted by Crippen LogP contribution is -1.89. The van der Waals surface area contributed by atoms with Crippen LogP contribution in [0.3, 0.4) is 0 Å². The van der Waals surface area contributed by atoms with E-state index in [1.807, 2.05) is 66.7 Å². The molecular formula is C35H22ClN3O2. The highest BCUT2D eigenvalue weighted by Gasteiger charge is 2.20. The zero-order valence-electron chi connectivity index (χ0n) is 21.7. The van der Waals surface area contributed by atoms with Gasteiger partial charge in [0, 0.05) is 39.6 Å². The SMILES string of the molecule is O=[N+]([O-])c1ccc(-c2ccc(-c3[nH]c(-c4c5ccccc5c(Cl)c5ccccc45)nc3-c3ccccc3)cc2)cc1. The van der Waals surface area contributed by atoms with Gasteiger partial charge in [-0.15, -0.1) is 0 Å². The molecule has 1 heterocycles. The average Bonchev–Trinajstić information content (AvgIpc) is 3.47. The van der Waals surface area contributed by atoms with E-state index in [1.165, 1.54) is 12.1 Å². The normalized spacial score (nSPS) is 11.2. The topological polar surface area (TPSA) is 71.8 Å². The van der Waals surface area contributed by atoms with Crippen molar-refractivity contribution in [3.05, 3.63) is 143 Å². The number of benzene rings is 6. The van der Waals surface area contributed by atoms with Crippen molar-refractivity contribution in [1.29, 1.82) is 0 Å². The first kappa shape index (κ1) is 24.8. The number of rotatable bonds is 5. The molecular weight excluding hydrogens is 530 g/mol. The van der Waals surface area contributed by atoms with Crippen LogP contribution in [0, 0.1) is 10.1 Å². The Morgan fingerprint density at radius 3 is 1.63 bits per heavy atom. The van der Waals surface area contributed by atoms with Crippen LogP contribution in [-0.4, -0.2) is 14.9 Å². The highest BCUT2D eigenvalue weighted by atomic mass is 35.5. The van der Waals surface area contributed by atoms with E-state index in [4.69, 9.17) is 16.6 Å². The second-order valence-corrected chi connectivity index (χ2v) is 10.2. The van der Waals surface area contributed by atoms with Crippen molar-refractivity contribution in [2.24, 2.45) is 0 Å². The third-order valence-electron chi connectivity index (χ3n) is 7.44. The van der Waals surface area contributed by atoms with Crippen LogP contribution in [0.4, 0.5) is 5.69 Å². The van der Waals surface area contributed by atoms with Crippen LogP contribution in [-0.2, 0) is 0 Å². The van der Waals surface area contributed by atoms with Crippen LogP contribution in [0.25, 0.3) is 66.6 Å². The lowest BCUT2D eigenvalue weighted by molar-refractivity contribution is -0.384. The second-order valence-electron chi connectivity index (χ2n) is 9.84. The molecule has 41 heavy (non-hydrogen) atoms. The number of nitrogens with one attached hydrogen (secondary N) is 1. The molecule has 0 aliphatic rings. The Balaban J connectivity index is 1.41. The van der Waals surface area contributed by atoms with Gasteiger partial charge in [0.1, 0.15) is 5.82 Å². The number of halogens is 1. The molecule has 0 spiro atoms. The maximum absolute atomic E-state index is 11.1. The Labute approximate surface area is 240 Å². The summed E-state index contributed by atoms with van der Waals surface area (Å²) in [7, 11) is 0. The van der Waals surface area contributed by atoms with Crippen LogP contribution >= 0.6 is 11.6 Å². The number of nitro benzene ring substituents is 1. The van der Waals surface area contributed by atoms with Crippen molar-refractivity contribution in [3.8, 4) is 45.0 Å². The van der Waals surface area contributed by atoms with Gasteiger partial charge in [-0.1, -0.05) is 115 Å². The van der Waals surface area contributed by atoms with Gasteiger partial charge in [0.05, 0.1) is 21.3 Å². The van der Waals surface area contributed by atoms with E-state index in [9.17, 15) is 10.1 Å². The van der Waals surface area contributed by atoms with Crippen LogP contribution in [0.5, 0.6) is 0 Å². The first-order valence-electron chi connectivity index (χ1n) is 13.2. The van der Waals surface area contributed by atoms with Gasteiger partial charge in [0.25, 0.3) is 5.69 Å². The molecule has 0 saturated heterocycles. The highest BCUT2D eigenvalue weighted by Crippen LogP contribution is 2.42. The molecule has 196 valence electrons. The molecule has 0 saturated carbocycles. The minimum atomic E-state index is -0.388. The van der Waals surface area contributed by atoms with E-state index >= 15 is 0 Å². The molecule has 7 rings (SSSR count). The Hall–Kier alpha value is -5.26. The summed E-state index contributed by atoms with van der Waals surface area (Å²) in [5.74, 6) is 0.766. The first-order chi connectivity index (χ1) is 20.1. The Kier molecular flexibility index (Phi) is 6.07. The van der Waals surface area contributed by atoms with Crippen LogP contribution in [0.1, 0.15) is 0 Å². The van der Waals surface area contributed by atoms with Gasteiger partial charge < -0.3 is 4.98 Å². The fraction of sp³-hybridized carbons (Fsp3) is 0. The number of imidazole rings is 1. The lowest BCUT2D eigenvalue weighted by atomic mass is 9.96. The first-order valence-corrected chi connectivity index (χ1v) is 13.6. The van der Waals surface area contributed by atoms with E-state index in [2.05, 4.69) is 41.4 Å². The highest BCUT2D eigenvalue weighted by molar-refractivity contribution is 6.42. The number of nitrogens with zero attached hydrogens (tertiary/aromatic N) is 2. The van der Waals surface area contributed by atoms with Crippen molar-refractivity contribution < 1.29 is 4.92 Å². The summed E-state index contributed by atoms with van der Waals surface area (Å²) in [6.45, 7) is 0. The number of hydrogen-bond donors (Lipinski definition) is 1. The van der Waals surface area contributed by atoms with E-state index in [1.54, 1.807) is 12.1 Å². The van der Waals surface area contributed by atoms with E-state index < -0.39 is 0 Å². The summed E-state index contributed by atoms with van der Waals surface area (Å²) in [6.07, 6.45) is 0. The number of H-pyrrole nitrogens is 1. The maximum Gasteiger partial charge on any atom is 0.269 e. The van der Waals surface area contributed by atoms with Gasteiger partial charge in [-0.2, -0.15) is 0 Å². The molecule has 1 aromatic heterocycles. The quantitative estimate of drug-likeness (QED) is 0.131. The van der Waals surface area contributed by atoms with Crippen molar-refractivity contribution in [2.75, 3.05) is 0 Å². The molecule has 1 N–H and O–H groups in total. The second kappa shape index (κ2) is 10.0. The van der Waals surface area contributed by atoms with E-state index in [0.717, 1.165) is 71.6 Å². The van der Waals surface area contributed by atoms with Crippen molar-refractivity contribution >= 4 is 38.8 Å².